The molecule has 3 N–H and O–H groups in total. The summed E-state index contributed by atoms with van der Waals surface area (Å²) >= 11 is 0.770. The molecule has 4 heterocycles. The van der Waals surface area contributed by atoms with Crippen LogP contribution in [-0.2, 0) is 6.18 Å². The lowest BCUT2D eigenvalue weighted by Gasteiger charge is -2.32. The fourth-order valence-electron chi connectivity index (χ4n) is 7.32. The van der Waals surface area contributed by atoms with E-state index < -0.39 is 35.0 Å². The summed E-state index contributed by atoms with van der Waals surface area (Å²) in [5.41, 5.74) is 2.77. The van der Waals surface area contributed by atoms with E-state index in [1.165, 1.54) is 0 Å². The van der Waals surface area contributed by atoms with Crippen molar-refractivity contribution in [1.82, 2.24) is 19.9 Å². The number of nitrogens with two attached hydrogens (primary N) is 1. The fourth-order valence-corrected chi connectivity index (χ4v) is 8.09. The van der Waals surface area contributed by atoms with Crippen LogP contribution >= 0.6 is 11.3 Å². The van der Waals surface area contributed by atoms with E-state index in [1.807, 2.05) is 0 Å². The van der Waals surface area contributed by atoms with E-state index in [2.05, 4.69) is 19.9 Å². The second-order valence-electron chi connectivity index (χ2n) is 12.1. The van der Waals surface area contributed by atoms with Crippen molar-refractivity contribution < 1.29 is 31.8 Å². The normalized spacial score (nSPS) is 21.9. The minimum atomic E-state index is -4.99. The Morgan fingerprint density at radius 1 is 1.11 bits per heavy atom. The Bertz CT molecular complexity index is 1750. The van der Waals surface area contributed by atoms with Crippen LogP contribution in [0.2, 0.25) is 0 Å². The van der Waals surface area contributed by atoms with Crippen LogP contribution in [0.25, 0.3) is 32.2 Å². The summed E-state index contributed by atoms with van der Waals surface area (Å²) in [7, 11) is 1.67. The first-order valence-electron chi connectivity index (χ1n) is 14.7. The summed E-state index contributed by atoms with van der Waals surface area (Å²) in [6.45, 7) is 2.20. The van der Waals surface area contributed by atoms with Crippen molar-refractivity contribution in [2.45, 2.75) is 68.8 Å². The van der Waals surface area contributed by atoms with Gasteiger partial charge in [0, 0.05) is 29.6 Å². The first-order valence-corrected chi connectivity index (χ1v) is 15.5. The molecule has 2 atom stereocenters. The van der Waals surface area contributed by atoms with Crippen LogP contribution in [0.1, 0.15) is 50.5 Å². The van der Waals surface area contributed by atoms with Crippen molar-refractivity contribution >= 4 is 43.4 Å². The molecule has 234 valence electrons. The van der Waals surface area contributed by atoms with Crippen LogP contribution in [0.4, 0.5) is 32.9 Å². The summed E-state index contributed by atoms with van der Waals surface area (Å²) < 4.78 is 81.5. The molecule has 0 amide bonds. The molecule has 0 spiro atoms. The Labute approximate surface area is 253 Å². The lowest BCUT2D eigenvalue weighted by atomic mass is 9.95. The number of benzene rings is 2. The number of aliphatic hydroxyl groups is 1. The molecule has 0 unspecified atom stereocenters. The minimum absolute atomic E-state index is 0.0611. The lowest BCUT2D eigenvalue weighted by molar-refractivity contribution is -0.137. The molecule has 2 aliphatic heterocycles. The van der Waals surface area contributed by atoms with Gasteiger partial charge >= 0.3 is 12.2 Å². The van der Waals surface area contributed by atoms with Gasteiger partial charge in [0.2, 0.25) is 0 Å². The molecule has 0 bridgehead atoms. The zero-order chi connectivity index (χ0) is 31.0. The van der Waals surface area contributed by atoms with E-state index >= 15 is 4.39 Å². The number of aliphatic hydroxyl groups excluding tert-OH is 1. The third-order valence-corrected chi connectivity index (χ3v) is 10.4. The number of ether oxygens (including phenoxy) is 1. The van der Waals surface area contributed by atoms with Gasteiger partial charge in [0.05, 0.1) is 27.4 Å². The number of halogens is 5. The summed E-state index contributed by atoms with van der Waals surface area (Å²) in [5, 5.41) is 9.98. The topological polar surface area (TPSA) is 101 Å². The maximum absolute atomic E-state index is 16.7. The molecular formula is C30H31F5N6O2S. The fraction of sp³-hybridized carbons (Fsp3) is 0.500. The standard InChI is InChI=1S/C30H31F5N6O2S/c1-40(15-4-5-16(42)12-15)26-18-13-19(30(33,34)35)21(17-6-7-20(31)25-24(17)37-27(36)44-25)22(32)23(18)38-28(39-26)43-14-29-8-2-10-41(29)11-3-9-29/h6-7,13,15-16,42H,2-5,8-12,14H2,1H3,(H2,36,37)/t15-,16+/m1/s1. The molecule has 4 aromatic rings. The van der Waals surface area contributed by atoms with E-state index in [-0.39, 0.29) is 61.8 Å². The summed E-state index contributed by atoms with van der Waals surface area (Å²) in [4.78, 5) is 17.0. The molecule has 7 rings (SSSR count). The highest BCUT2D eigenvalue weighted by molar-refractivity contribution is 7.22. The summed E-state index contributed by atoms with van der Waals surface area (Å²) in [6.07, 6.45) is -0.0860. The number of anilines is 2. The Kier molecular flexibility index (Phi) is 7.09. The molecule has 0 radical (unpaired) electrons. The van der Waals surface area contributed by atoms with Crippen molar-refractivity contribution in [3.63, 3.8) is 0 Å². The SMILES string of the molecule is CN(c1nc(OCC23CCCN2CCC3)nc2c(F)c(-c3ccc(F)c4sc(N)nc34)c(C(F)(F)F)cc12)[C@@H]1CC[C@H](O)C1. The molecule has 3 aliphatic rings. The van der Waals surface area contributed by atoms with Gasteiger partial charge in [0.15, 0.2) is 10.9 Å². The predicted octanol–water partition coefficient (Wildman–Crippen LogP) is 6.14. The average Bonchev–Trinajstić information content (AvgIpc) is 3.75. The van der Waals surface area contributed by atoms with Crippen molar-refractivity contribution in [3.05, 3.63) is 35.4 Å². The molecule has 14 heteroatoms. The van der Waals surface area contributed by atoms with Crippen LogP contribution < -0.4 is 15.4 Å². The van der Waals surface area contributed by atoms with Crippen LogP contribution in [0.15, 0.2) is 18.2 Å². The minimum Gasteiger partial charge on any atom is -0.461 e. The molecule has 2 aromatic carbocycles. The van der Waals surface area contributed by atoms with Crippen molar-refractivity contribution in [3.8, 4) is 17.1 Å². The molecular weight excluding hydrogens is 603 g/mol. The van der Waals surface area contributed by atoms with E-state index in [4.69, 9.17) is 10.5 Å². The molecule has 8 nitrogen and oxygen atoms in total. The highest BCUT2D eigenvalue weighted by atomic mass is 32.1. The number of hydrogen-bond donors (Lipinski definition) is 2. The third kappa shape index (κ3) is 4.81. The summed E-state index contributed by atoms with van der Waals surface area (Å²) in [6, 6.07) is 2.52. The molecule has 2 aromatic heterocycles. The van der Waals surface area contributed by atoms with Gasteiger partial charge < -0.3 is 20.5 Å². The predicted molar refractivity (Wildman–Crippen MR) is 158 cm³/mol. The zero-order valence-electron chi connectivity index (χ0n) is 23.9. The van der Waals surface area contributed by atoms with Gasteiger partial charge in [0.1, 0.15) is 23.8 Å². The zero-order valence-corrected chi connectivity index (χ0v) is 24.7. The van der Waals surface area contributed by atoms with E-state index in [9.17, 15) is 22.7 Å². The second kappa shape index (κ2) is 10.6. The van der Waals surface area contributed by atoms with E-state index in [0.717, 1.165) is 68.3 Å². The highest BCUT2D eigenvalue weighted by Gasteiger charge is 2.45. The highest BCUT2D eigenvalue weighted by Crippen LogP contribution is 2.46. The molecule has 1 aliphatic carbocycles. The number of nitrogens with zero attached hydrogens (tertiary/aromatic N) is 5. The van der Waals surface area contributed by atoms with Crippen LogP contribution in [-0.4, -0.2) is 69.4 Å². The number of thiazole rings is 1. The maximum Gasteiger partial charge on any atom is 0.417 e. The van der Waals surface area contributed by atoms with E-state index in [1.54, 1.807) is 11.9 Å². The monoisotopic (exact) mass is 634 g/mol. The maximum atomic E-state index is 16.7. The Morgan fingerprint density at radius 2 is 1.86 bits per heavy atom. The van der Waals surface area contributed by atoms with Crippen molar-refractivity contribution in [1.29, 1.82) is 0 Å². The Balaban J connectivity index is 1.43. The average molecular weight is 635 g/mol. The third-order valence-electron chi connectivity index (χ3n) is 9.52. The van der Waals surface area contributed by atoms with Crippen LogP contribution in [0.5, 0.6) is 6.01 Å². The summed E-state index contributed by atoms with van der Waals surface area (Å²) in [5.74, 6) is -1.89. The Morgan fingerprint density at radius 3 is 2.55 bits per heavy atom. The van der Waals surface area contributed by atoms with Gasteiger partial charge in [-0.15, -0.1) is 0 Å². The van der Waals surface area contributed by atoms with Gasteiger partial charge in [-0.05, 0) is 76.2 Å². The number of aromatic nitrogens is 3. The number of hydrogen-bond acceptors (Lipinski definition) is 9. The van der Waals surface area contributed by atoms with Crippen LogP contribution in [0.3, 0.4) is 0 Å². The van der Waals surface area contributed by atoms with Gasteiger partial charge in [0.25, 0.3) is 0 Å². The largest absolute Gasteiger partial charge is 0.461 e. The smallest absolute Gasteiger partial charge is 0.417 e. The van der Waals surface area contributed by atoms with Crippen molar-refractivity contribution in [2.75, 3.05) is 37.4 Å². The molecule has 2 saturated heterocycles. The number of nitrogen functional groups attached to an aromatic ring is 1. The van der Waals surface area contributed by atoms with Gasteiger partial charge in [-0.3, -0.25) is 4.90 Å². The van der Waals surface area contributed by atoms with Gasteiger partial charge in [-0.2, -0.15) is 23.1 Å². The molecule has 44 heavy (non-hydrogen) atoms. The Hall–Kier alpha value is -3.36. The van der Waals surface area contributed by atoms with E-state index in [0.29, 0.717) is 19.3 Å². The number of alkyl halides is 3. The van der Waals surface area contributed by atoms with Crippen molar-refractivity contribution in [2.24, 2.45) is 0 Å². The van der Waals surface area contributed by atoms with Crippen LogP contribution in [0, 0.1) is 11.6 Å². The number of fused-ring (bicyclic) bond motifs is 3. The van der Waals surface area contributed by atoms with Gasteiger partial charge in [-0.1, -0.05) is 11.3 Å². The molecule has 3 fully saturated rings. The first kappa shape index (κ1) is 29.4. The van der Waals surface area contributed by atoms with Gasteiger partial charge in [-0.25, -0.2) is 13.8 Å². The quantitative estimate of drug-likeness (QED) is 0.244. The second-order valence-corrected chi connectivity index (χ2v) is 13.1. The lowest BCUT2D eigenvalue weighted by Crippen LogP contribution is -2.43. The first-order chi connectivity index (χ1) is 20.9. The number of rotatable bonds is 6. The molecule has 1 saturated carbocycles.